The molecule has 2 saturated heterocycles. The van der Waals surface area contributed by atoms with Crippen molar-refractivity contribution in [2.75, 3.05) is 26.3 Å². The van der Waals surface area contributed by atoms with Crippen molar-refractivity contribution in [3.05, 3.63) is 17.5 Å². The number of hydrogen-bond donors (Lipinski definition) is 1. The van der Waals surface area contributed by atoms with Gasteiger partial charge in [0.15, 0.2) is 6.29 Å². The molecule has 0 spiro atoms. The summed E-state index contributed by atoms with van der Waals surface area (Å²) in [5, 5.41) is 7.10. The highest BCUT2D eigenvalue weighted by Crippen LogP contribution is 2.25. The second-order valence-electron chi connectivity index (χ2n) is 5.79. The number of amides is 1. The Morgan fingerprint density at radius 3 is 3.05 bits per heavy atom. The smallest absolute Gasteiger partial charge is 0.274 e. The number of hydrogen-bond acceptors (Lipinski definition) is 4. The lowest BCUT2D eigenvalue weighted by atomic mass is 9.97. The average Bonchev–Trinajstić information content (AvgIpc) is 3.18. The van der Waals surface area contributed by atoms with Gasteiger partial charge in [0, 0.05) is 24.7 Å². The van der Waals surface area contributed by atoms with Crippen LogP contribution in [0, 0.1) is 5.92 Å². The zero-order valence-corrected chi connectivity index (χ0v) is 12.5. The Kier molecular flexibility index (Phi) is 4.55. The van der Waals surface area contributed by atoms with Crippen LogP contribution in [0.2, 0.25) is 0 Å². The summed E-state index contributed by atoms with van der Waals surface area (Å²) in [6.45, 7) is 4.92. The molecule has 6 nitrogen and oxygen atoms in total. The van der Waals surface area contributed by atoms with Crippen molar-refractivity contribution in [1.29, 1.82) is 0 Å². The lowest BCUT2D eigenvalue weighted by Gasteiger charge is -2.34. The molecule has 3 rings (SSSR count). The first-order valence-corrected chi connectivity index (χ1v) is 7.84. The van der Waals surface area contributed by atoms with Gasteiger partial charge in [-0.05, 0) is 25.3 Å². The van der Waals surface area contributed by atoms with E-state index in [0.717, 1.165) is 37.9 Å². The molecule has 0 aromatic carbocycles. The molecule has 1 aromatic heterocycles. The third-order valence-corrected chi connectivity index (χ3v) is 4.15. The van der Waals surface area contributed by atoms with E-state index in [0.29, 0.717) is 25.5 Å². The van der Waals surface area contributed by atoms with Gasteiger partial charge in [-0.25, -0.2) is 0 Å². The largest absolute Gasteiger partial charge is 0.350 e. The van der Waals surface area contributed by atoms with Gasteiger partial charge in [-0.2, -0.15) is 5.10 Å². The second kappa shape index (κ2) is 6.58. The summed E-state index contributed by atoms with van der Waals surface area (Å²) in [6.07, 6.45) is 3.86. The molecule has 21 heavy (non-hydrogen) atoms. The number of H-pyrrole nitrogens is 1. The van der Waals surface area contributed by atoms with Crippen LogP contribution in [0.5, 0.6) is 0 Å². The molecule has 2 fully saturated rings. The van der Waals surface area contributed by atoms with E-state index < -0.39 is 0 Å². The maximum atomic E-state index is 12.5. The second-order valence-corrected chi connectivity index (χ2v) is 5.79. The fraction of sp³-hybridized carbons (Fsp3) is 0.733. The number of carbonyl (C=O) groups is 1. The molecule has 0 radical (unpaired) electrons. The molecular formula is C15H23N3O3. The van der Waals surface area contributed by atoms with Gasteiger partial charge < -0.3 is 14.4 Å². The Balaban J connectivity index is 1.62. The minimum absolute atomic E-state index is 0.0105. The van der Waals surface area contributed by atoms with Crippen molar-refractivity contribution in [3.63, 3.8) is 0 Å². The van der Waals surface area contributed by atoms with Gasteiger partial charge in [-0.3, -0.25) is 9.89 Å². The quantitative estimate of drug-likeness (QED) is 0.915. The van der Waals surface area contributed by atoms with Crippen LogP contribution in [-0.2, 0) is 15.9 Å². The predicted molar refractivity (Wildman–Crippen MR) is 76.9 cm³/mol. The number of aromatic nitrogens is 2. The molecule has 1 atom stereocenters. The molecule has 0 bridgehead atoms. The van der Waals surface area contributed by atoms with E-state index in [1.165, 1.54) is 0 Å². The van der Waals surface area contributed by atoms with Gasteiger partial charge in [0.05, 0.1) is 13.2 Å². The van der Waals surface area contributed by atoms with Crippen molar-refractivity contribution < 1.29 is 14.3 Å². The highest BCUT2D eigenvalue weighted by molar-refractivity contribution is 5.92. The molecule has 6 heteroatoms. The number of likely N-dealkylation sites (tertiary alicyclic amines) is 1. The zero-order valence-electron chi connectivity index (χ0n) is 12.5. The first-order valence-electron chi connectivity index (χ1n) is 7.84. The molecule has 2 aliphatic heterocycles. The molecule has 0 aliphatic carbocycles. The third kappa shape index (κ3) is 3.27. The minimum atomic E-state index is -0.143. The van der Waals surface area contributed by atoms with E-state index in [1.54, 1.807) is 0 Å². The highest BCUT2D eigenvalue weighted by atomic mass is 16.7. The van der Waals surface area contributed by atoms with Crippen LogP contribution in [0.4, 0.5) is 0 Å². The lowest BCUT2D eigenvalue weighted by molar-refractivity contribution is -0.0969. The lowest BCUT2D eigenvalue weighted by Crippen LogP contribution is -2.44. The zero-order chi connectivity index (χ0) is 14.7. The van der Waals surface area contributed by atoms with E-state index in [2.05, 4.69) is 17.1 Å². The fourth-order valence-corrected chi connectivity index (χ4v) is 3.10. The van der Waals surface area contributed by atoms with Crippen molar-refractivity contribution in [2.24, 2.45) is 5.92 Å². The molecule has 2 aliphatic rings. The molecule has 116 valence electrons. The number of carbonyl (C=O) groups excluding carboxylic acids is 1. The summed E-state index contributed by atoms with van der Waals surface area (Å²) < 4.78 is 11.2. The maximum absolute atomic E-state index is 12.5. The molecular weight excluding hydrogens is 270 g/mol. The predicted octanol–water partition coefficient (Wildman–Crippen LogP) is 1.59. The first-order chi connectivity index (χ1) is 10.3. The van der Waals surface area contributed by atoms with Crippen molar-refractivity contribution in [2.45, 2.75) is 38.9 Å². The van der Waals surface area contributed by atoms with Crippen LogP contribution < -0.4 is 0 Å². The number of aromatic amines is 1. The van der Waals surface area contributed by atoms with Gasteiger partial charge in [0.25, 0.3) is 5.91 Å². The Morgan fingerprint density at radius 2 is 2.29 bits per heavy atom. The summed E-state index contributed by atoms with van der Waals surface area (Å²) in [4.78, 5) is 14.4. The van der Waals surface area contributed by atoms with E-state index in [9.17, 15) is 4.79 Å². The number of nitrogens with zero attached hydrogens (tertiary/aromatic N) is 2. The van der Waals surface area contributed by atoms with Gasteiger partial charge in [-0.15, -0.1) is 0 Å². The Hall–Kier alpha value is -1.40. The van der Waals surface area contributed by atoms with Gasteiger partial charge in [0.1, 0.15) is 5.69 Å². The highest BCUT2D eigenvalue weighted by Gasteiger charge is 2.33. The minimum Gasteiger partial charge on any atom is -0.350 e. The van der Waals surface area contributed by atoms with Crippen LogP contribution in [-0.4, -0.2) is 53.6 Å². The molecule has 1 unspecified atom stereocenters. The first kappa shape index (κ1) is 14.5. The summed E-state index contributed by atoms with van der Waals surface area (Å²) in [5.41, 5.74) is 1.55. The van der Waals surface area contributed by atoms with E-state index in [4.69, 9.17) is 9.47 Å². The SMILES string of the molecule is CCCc1cc(C(=O)N2CCCC(C3OCCO3)C2)n[nH]1. The Bertz CT molecular complexity index is 482. The van der Waals surface area contributed by atoms with Crippen molar-refractivity contribution in [3.8, 4) is 0 Å². The number of aryl methyl sites for hydroxylation is 1. The monoisotopic (exact) mass is 293 g/mol. The van der Waals surface area contributed by atoms with E-state index >= 15 is 0 Å². The number of ether oxygens (including phenoxy) is 2. The van der Waals surface area contributed by atoms with Crippen LogP contribution in [0.25, 0.3) is 0 Å². The standard InChI is InChI=1S/C15H23N3O3/c1-2-4-12-9-13(17-16-12)14(19)18-6-3-5-11(10-18)15-20-7-8-21-15/h9,11,15H,2-8,10H2,1H3,(H,16,17). The maximum Gasteiger partial charge on any atom is 0.274 e. The van der Waals surface area contributed by atoms with Crippen LogP contribution in [0.1, 0.15) is 42.4 Å². The van der Waals surface area contributed by atoms with Crippen LogP contribution in [0.3, 0.4) is 0 Å². The van der Waals surface area contributed by atoms with Gasteiger partial charge >= 0.3 is 0 Å². The van der Waals surface area contributed by atoms with Gasteiger partial charge in [-0.1, -0.05) is 13.3 Å². The van der Waals surface area contributed by atoms with Gasteiger partial charge in [0.2, 0.25) is 0 Å². The third-order valence-electron chi connectivity index (χ3n) is 4.15. The normalized spacial score (nSPS) is 23.7. The van der Waals surface area contributed by atoms with E-state index in [1.807, 2.05) is 11.0 Å². The number of piperidine rings is 1. The van der Waals surface area contributed by atoms with E-state index in [-0.39, 0.29) is 18.1 Å². The van der Waals surface area contributed by atoms with Crippen LogP contribution in [0.15, 0.2) is 6.07 Å². The summed E-state index contributed by atoms with van der Waals surface area (Å²) in [6, 6.07) is 1.87. The number of rotatable bonds is 4. The summed E-state index contributed by atoms with van der Waals surface area (Å²) >= 11 is 0. The molecule has 3 heterocycles. The topological polar surface area (TPSA) is 67.5 Å². The molecule has 0 saturated carbocycles. The fourth-order valence-electron chi connectivity index (χ4n) is 3.10. The number of nitrogens with one attached hydrogen (secondary N) is 1. The molecule has 1 aromatic rings. The summed E-state index contributed by atoms with van der Waals surface area (Å²) in [7, 11) is 0. The van der Waals surface area contributed by atoms with Crippen LogP contribution >= 0.6 is 0 Å². The molecule has 1 N–H and O–H groups in total. The van der Waals surface area contributed by atoms with Crippen molar-refractivity contribution in [1.82, 2.24) is 15.1 Å². The Labute approximate surface area is 124 Å². The van der Waals surface area contributed by atoms with Crippen molar-refractivity contribution >= 4 is 5.91 Å². The Morgan fingerprint density at radius 1 is 1.48 bits per heavy atom. The molecule has 1 amide bonds. The summed E-state index contributed by atoms with van der Waals surface area (Å²) in [5.74, 6) is 0.288. The average molecular weight is 293 g/mol.